The lowest BCUT2D eigenvalue weighted by Crippen LogP contribution is -2.14. The fourth-order valence-electron chi connectivity index (χ4n) is 2.33. The lowest BCUT2D eigenvalue weighted by Gasteiger charge is -2.05. The van der Waals surface area contributed by atoms with Crippen LogP contribution >= 0.6 is 0 Å². The third kappa shape index (κ3) is 3.08. The Balaban J connectivity index is 1.81. The first kappa shape index (κ1) is 15.6. The number of carbonyl (C=O) groups excluding carboxylic acids is 2. The Labute approximate surface area is 139 Å². The molecule has 0 unspecified atom stereocenters. The molecule has 1 aromatic heterocycles. The van der Waals surface area contributed by atoms with Crippen molar-refractivity contribution in [1.82, 2.24) is 15.0 Å². The molecule has 3 aromatic rings. The SMILES string of the molecule is CC(=O)c1ccc(NC(=O)c2nnn(-c3ccccc3)c2C)cc1. The van der Waals surface area contributed by atoms with E-state index in [1.54, 1.807) is 35.9 Å². The molecule has 6 nitrogen and oxygen atoms in total. The third-order valence-corrected chi connectivity index (χ3v) is 3.66. The Hall–Kier alpha value is -3.28. The van der Waals surface area contributed by atoms with Gasteiger partial charge < -0.3 is 5.32 Å². The quantitative estimate of drug-likeness (QED) is 0.750. The smallest absolute Gasteiger partial charge is 0.278 e. The van der Waals surface area contributed by atoms with Gasteiger partial charge in [0.15, 0.2) is 11.5 Å². The molecule has 24 heavy (non-hydrogen) atoms. The lowest BCUT2D eigenvalue weighted by molar-refractivity contribution is 0.101. The zero-order valence-corrected chi connectivity index (χ0v) is 13.4. The van der Waals surface area contributed by atoms with Crippen LogP contribution in [0, 0.1) is 6.92 Å². The van der Waals surface area contributed by atoms with Gasteiger partial charge in [-0.2, -0.15) is 0 Å². The summed E-state index contributed by atoms with van der Waals surface area (Å²) in [5, 5.41) is 10.8. The molecule has 0 atom stereocenters. The van der Waals surface area contributed by atoms with Gasteiger partial charge in [0.1, 0.15) is 0 Å². The number of amides is 1. The second kappa shape index (κ2) is 6.45. The van der Waals surface area contributed by atoms with Crippen molar-refractivity contribution in [3.8, 4) is 5.69 Å². The average Bonchev–Trinajstić information content (AvgIpc) is 2.98. The molecule has 3 rings (SSSR count). The van der Waals surface area contributed by atoms with Crippen molar-refractivity contribution in [2.24, 2.45) is 0 Å². The van der Waals surface area contributed by atoms with E-state index in [1.165, 1.54) is 6.92 Å². The van der Waals surface area contributed by atoms with E-state index in [2.05, 4.69) is 15.6 Å². The van der Waals surface area contributed by atoms with Gasteiger partial charge in [-0.25, -0.2) is 4.68 Å². The van der Waals surface area contributed by atoms with Crippen molar-refractivity contribution in [2.75, 3.05) is 5.32 Å². The molecule has 120 valence electrons. The third-order valence-electron chi connectivity index (χ3n) is 3.66. The van der Waals surface area contributed by atoms with E-state index >= 15 is 0 Å². The Morgan fingerprint density at radius 3 is 2.29 bits per heavy atom. The number of Topliss-reactive ketones (excluding diaryl/α,β-unsaturated/α-hetero) is 1. The minimum Gasteiger partial charge on any atom is -0.321 e. The molecule has 0 bridgehead atoms. The van der Waals surface area contributed by atoms with E-state index in [9.17, 15) is 9.59 Å². The molecule has 0 saturated carbocycles. The molecule has 0 fully saturated rings. The first-order chi connectivity index (χ1) is 11.6. The molecule has 0 radical (unpaired) electrons. The molecular weight excluding hydrogens is 304 g/mol. The van der Waals surface area contributed by atoms with Crippen molar-refractivity contribution in [2.45, 2.75) is 13.8 Å². The summed E-state index contributed by atoms with van der Waals surface area (Å²) in [7, 11) is 0. The molecule has 1 heterocycles. The molecule has 2 aromatic carbocycles. The van der Waals surface area contributed by atoms with E-state index < -0.39 is 0 Å². The van der Waals surface area contributed by atoms with Crippen LogP contribution in [0.1, 0.15) is 33.5 Å². The zero-order valence-electron chi connectivity index (χ0n) is 13.4. The van der Waals surface area contributed by atoms with Gasteiger partial charge in [-0.05, 0) is 50.2 Å². The van der Waals surface area contributed by atoms with E-state index in [1.807, 2.05) is 30.3 Å². The topological polar surface area (TPSA) is 76.9 Å². The fraction of sp³-hybridized carbons (Fsp3) is 0.111. The molecule has 0 aliphatic carbocycles. The molecular formula is C18H16N4O2. The maximum absolute atomic E-state index is 12.4. The van der Waals surface area contributed by atoms with Gasteiger partial charge in [0, 0.05) is 11.3 Å². The van der Waals surface area contributed by atoms with E-state index in [0.29, 0.717) is 16.9 Å². The van der Waals surface area contributed by atoms with Crippen LogP contribution in [0.25, 0.3) is 5.69 Å². The summed E-state index contributed by atoms with van der Waals surface area (Å²) in [5.74, 6) is -0.361. The van der Waals surface area contributed by atoms with Crippen molar-refractivity contribution in [3.05, 3.63) is 71.5 Å². The van der Waals surface area contributed by atoms with E-state index in [0.717, 1.165) is 5.69 Å². The molecule has 0 spiro atoms. The minimum absolute atomic E-state index is 0.0190. The number of hydrogen-bond donors (Lipinski definition) is 1. The number of nitrogens with one attached hydrogen (secondary N) is 1. The molecule has 1 amide bonds. The van der Waals surface area contributed by atoms with Crippen LogP contribution in [0.3, 0.4) is 0 Å². The monoisotopic (exact) mass is 320 g/mol. The number of hydrogen-bond acceptors (Lipinski definition) is 4. The van der Waals surface area contributed by atoms with Crippen molar-refractivity contribution >= 4 is 17.4 Å². The number of para-hydroxylation sites is 1. The van der Waals surface area contributed by atoms with Crippen LogP contribution in [0.2, 0.25) is 0 Å². The summed E-state index contributed by atoms with van der Waals surface area (Å²) in [4.78, 5) is 23.7. The number of benzene rings is 2. The molecule has 6 heteroatoms. The maximum Gasteiger partial charge on any atom is 0.278 e. The van der Waals surface area contributed by atoms with Crippen LogP contribution in [-0.4, -0.2) is 26.7 Å². The number of nitrogens with zero attached hydrogens (tertiary/aromatic N) is 3. The molecule has 0 saturated heterocycles. The second-order valence-electron chi connectivity index (χ2n) is 5.36. The van der Waals surface area contributed by atoms with E-state index in [4.69, 9.17) is 0 Å². The van der Waals surface area contributed by atoms with Crippen LogP contribution in [0.15, 0.2) is 54.6 Å². The van der Waals surface area contributed by atoms with Crippen molar-refractivity contribution in [3.63, 3.8) is 0 Å². The number of aromatic nitrogens is 3. The summed E-state index contributed by atoms with van der Waals surface area (Å²) in [6.45, 7) is 3.29. The van der Waals surface area contributed by atoms with Crippen molar-refractivity contribution < 1.29 is 9.59 Å². The molecule has 0 aliphatic rings. The highest BCUT2D eigenvalue weighted by Gasteiger charge is 2.17. The number of carbonyl (C=O) groups is 2. The first-order valence-corrected chi connectivity index (χ1v) is 7.46. The highest BCUT2D eigenvalue weighted by molar-refractivity contribution is 6.04. The Morgan fingerprint density at radius 2 is 1.67 bits per heavy atom. The Kier molecular flexibility index (Phi) is 4.20. The van der Waals surface area contributed by atoms with E-state index in [-0.39, 0.29) is 17.4 Å². The summed E-state index contributed by atoms with van der Waals surface area (Å²) in [6, 6.07) is 16.2. The van der Waals surface area contributed by atoms with Gasteiger partial charge in [-0.15, -0.1) is 5.10 Å². The summed E-state index contributed by atoms with van der Waals surface area (Å²) >= 11 is 0. The maximum atomic E-state index is 12.4. The van der Waals surface area contributed by atoms with Gasteiger partial charge in [-0.1, -0.05) is 23.4 Å². The summed E-state index contributed by atoms with van der Waals surface area (Å²) in [5.41, 5.74) is 2.94. The van der Waals surface area contributed by atoms with Gasteiger partial charge in [0.05, 0.1) is 11.4 Å². The highest BCUT2D eigenvalue weighted by Crippen LogP contribution is 2.15. The predicted molar refractivity (Wildman–Crippen MR) is 90.5 cm³/mol. The van der Waals surface area contributed by atoms with Gasteiger partial charge in [0.25, 0.3) is 5.91 Å². The number of rotatable bonds is 4. The molecule has 1 N–H and O–H groups in total. The number of ketones is 1. The summed E-state index contributed by atoms with van der Waals surface area (Å²) in [6.07, 6.45) is 0. The first-order valence-electron chi connectivity index (χ1n) is 7.46. The van der Waals surface area contributed by atoms with Crippen LogP contribution in [-0.2, 0) is 0 Å². The highest BCUT2D eigenvalue weighted by atomic mass is 16.2. The standard InChI is InChI=1S/C18H16N4O2/c1-12-17(20-21-22(12)16-6-4-3-5-7-16)18(24)19-15-10-8-14(9-11-15)13(2)23/h3-11H,1-2H3,(H,19,24). The van der Waals surface area contributed by atoms with Crippen LogP contribution in [0.5, 0.6) is 0 Å². The molecule has 0 aliphatic heterocycles. The second-order valence-corrected chi connectivity index (χ2v) is 5.36. The zero-order chi connectivity index (χ0) is 17.1. The fourth-order valence-corrected chi connectivity index (χ4v) is 2.33. The largest absolute Gasteiger partial charge is 0.321 e. The van der Waals surface area contributed by atoms with Crippen molar-refractivity contribution in [1.29, 1.82) is 0 Å². The van der Waals surface area contributed by atoms with Gasteiger partial charge in [-0.3, -0.25) is 9.59 Å². The van der Waals surface area contributed by atoms with Crippen LogP contribution in [0.4, 0.5) is 5.69 Å². The van der Waals surface area contributed by atoms with Crippen LogP contribution < -0.4 is 5.32 Å². The predicted octanol–water partition coefficient (Wildman–Crippen LogP) is 3.03. The van der Waals surface area contributed by atoms with Gasteiger partial charge >= 0.3 is 0 Å². The number of anilines is 1. The average molecular weight is 320 g/mol. The summed E-state index contributed by atoms with van der Waals surface area (Å²) < 4.78 is 1.62. The Morgan fingerprint density at radius 1 is 1.00 bits per heavy atom. The Bertz CT molecular complexity index is 883. The lowest BCUT2D eigenvalue weighted by atomic mass is 10.1. The normalized spacial score (nSPS) is 10.4. The van der Waals surface area contributed by atoms with Gasteiger partial charge in [0.2, 0.25) is 0 Å². The minimum atomic E-state index is -0.342.